The first kappa shape index (κ1) is 16.0. The Bertz CT molecular complexity index is 1020. The molecule has 2 aromatic carbocycles. The number of amides is 2. The normalized spacial score (nSPS) is 16.0. The summed E-state index contributed by atoms with van der Waals surface area (Å²) < 4.78 is 2.15. The molecule has 1 N–H and O–H groups in total. The Kier molecular flexibility index (Phi) is 4.11. The lowest BCUT2D eigenvalue weighted by Crippen LogP contribution is -2.17. The topological polar surface area (TPSA) is 51.1 Å². The summed E-state index contributed by atoms with van der Waals surface area (Å²) in [5, 5.41) is 3.71. The summed E-state index contributed by atoms with van der Waals surface area (Å²) in [6, 6.07) is 15.7. The van der Waals surface area contributed by atoms with Gasteiger partial charge in [0, 0.05) is 28.7 Å². The van der Waals surface area contributed by atoms with Crippen molar-refractivity contribution < 1.29 is 9.59 Å². The number of thioether (sulfide) groups is 1. The molecular formula is C19H13ClN2O2S. The van der Waals surface area contributed by atoms with Crippen molar-refractivity contribution in [2.24, 2.45) is 0 Å². The van der Waals surface area contributed by atoms with Gasteiger partial charge in [-0.25, -0.2) is 0 Å². The van der Waals surface area contributed by atoms with Gasteiger partial charge in [0.2, 0.25) is 0 Å². The van der Waals surface area contributed by atoms with Gasteiger partial charge in [-0.2, -0.15) is 0 Å². The number of nitrogens with one attached hydrogen (secondary N) is 1. The smallest absolute Gasteiger partial charge is 0.290 e. The zero-order valence-corrected chi connectivity index (χ0v) is 14.6. The summed E-state index contributed by atoms with van der Waals surface area (Å²) in [5.41, 5.74) is 3.14. The van der Waals surface area contributed by atoms with Crippen LogP contribution in [0.3, 0.4) is 0 Å². The minimum Gasteiger partial charge on any atom is -0.343 e. The second kappa shape index (κ2) is 6.43. The number of halogens is 1. The molecule has 1 fully saturated rings. The predicted molar refractivity (Wildman–Crippen MR) is 102 cm³/mol. The van der Waals surface area contributed by atoms with E-state index in [-0.39, 0.29) is 11.1 Å². The number of imide groups is 1. The average Bonchev–Trinajstić information content (AvgIpc) is 3.14. The van der Waals surface area contributed by atoms with Crippen LogP contribution in [-0.2, 0) is 11.3 Å². The molecule has 124 valence electrons. The average molecular weight is 369 g/mol. The Labute approximate surface area is 153 Å². The second-order valence-corrected chi connectivity index (χ2v) is 7.15. The zero-order chi connectivity index (χ0) is 17.4. The maximum absolute atomic E-state index is 11.8. The number of rotatable bonds is 3. The molecule has 0 saturated carbocycles. The zero-order valence-electron chi connectivity index (χ0n) is 13.0. The molecule has 0 atom stereocenters. The number of aromatic nitrogens is 1. The maximum atomic E-state index is 11.8. The molecule has 2 heterocycles. The van der Waals surface area contributed by atoms with Crippen molar-refractivity contribution in [2.75, 3.05) is 0 Å². The van der Waals surface area contributed by atoms with Crippen LogP contribution in [-0.4, -0.2) is 15.7 Å². The van der Waals surface area contributed by atoms with E-state index in [1.165, 1.54) is 0 Å². The first-order chi connectivity index (χ1) is 12.1. The van der Waals surface area contributed by atoms with Crippen molar-refractivity contribution in [3.05, 3.63) is 75.8 Å². The molecule has 1 aromatic heterocycles. The Morgan fingerprint density at radius 3 is 2.60 bits per heavy atom. The first-order valence-corrected chi connectivity index (χ1v) is 8.87. The third kappa shape index (κ3) is 3.21. The van der Waals surface area contributed by atoms with Gasteiger partial charge in [0.15, 0.2) is 0 Å². The quantitative estimate of drug-likeness (QED) is 0.683. The number of carbonyl (C=O) groups excluding carboxylic acids is 2. The van der Waals surface area contributed by atoms with E-state index in [2.05, 4.69) is 9.88 Å². The number of hydrogen-bond acceptors (Lipinski definition) is 3. The summed E-state index contributed by atoms with van der Waals surface area (Å²) in [6.07, 6.45) is 3.79. The molecule has 0 unspecified atom stereocenters. The summed E-state index contributed by atoms with van der Waals surface area (Å²) >= 11 is 6.87. The van der Waals surface area contributed by atoms with Gasteiger partial charge in [-0.05, 0) is 53.2 Å². The van der Waals surface area contributed by atoms with Crippen LogP contribution in [0.1, 0.15) is 11.1 Å². The number of nitrogens with zero attached hydrogens (tertiary/aromatic N) is 1. The first-order valence-electron chi connectivity index (χ1n) is 7.67. The van der Waals surface area contributed by atoms with Crippen molar-refractivity contribution in [2.45, 2.75) is 6.54 Å². The van der Waals surface area contributed by atoms with Crippen LogP contribution in [0.5, 0.6) is 0 Å². The number of benzene rings is 2. The van der Waals surface area contributed by atoms with E-state index >= 15 is 0 Å². The van der Waals surface area contributed by atoms with E-state index in [1.807, 2.05) is 54.7 Å². The lowest BCUT2D eigenvalue weighted by atomic mass is 10.1. The Hall–Kier alpha value is -2.50. The maximum Gasteiger partial charge on any atom is 0.290 e. The third-order valence-corrected chi connectivity index (χ3v) is 5.10. The van der Waals surface area contributed by atoms with Crippen LogP contribution in [0, 0.1) is 0 Å². The molecule has 6 heteroatoms. The van der Waals surface area contributed by atoms with Gasteiger partial charge in [0.25, 0.3) is 11.1 Å². The summed E-state index contributed by atoms with van der Waals surface area (Å²) in [5.74, 6) is -0.340. The summed E-state index contributed by atoms with van der Waals surface area (Å²) in [6.45, 7) is 0.731. The standard InChI is InChI=1S/C19H13ClN2O2S/c20-14-6-4-12(5-7-14)11-22-9-8-15-13(2-1-3-16(15)22)10-17-18(23)21-19(24)25-17/h1-10H,11H2,(H,21,23,24). The molecule has 0 bridgehead atoms. The lowest BCUT2D eigenvalue weighted by molar-refractivity contribution is -0.115. The van der Waals surface area contributed by atoms with Crippen molar-refractivity contribution in [1.29, 1.82) is 0 Å². The largest absolute Gasteiger partial charge is 0.343 e. The highest BCUT2D eigenvalue weighted by atomic mass is 35.5. The minimum atomic E-state index is -0.340. The van der Waals surface area contributed by atoms with E-state index in [4.69, 9.17) is 11.6 Å². The second-order valence-electron chi connectivity index (χ2n) is 5.70. The van der Waals surface area contributed by atoms with Gasteiger partial charge in [-0.1, -0.05) is 35.9 Å². The number of fused-ring (bicyclic) bond motifs is 1. The summed E-state index contributed by atoms with van der Waals surface area (Å²) in [7, 11) is 0. The Morgan fingerprint density at radius 1 is 1.08 bits per heavy atom. The van der Waals surface area contributed by atoms with Gasteiger partial charge >= 0.3 is 0 Å². The fraction of sp³-hybridized carbons (Fsp3) is 0.0526. The van der Waals surface area contributed by atoms with Gasteiger partial charge in [0.05, 0.1) is 4.91 Å². The molecule has 0 radical (unpaired) electrons. The van der Waals surface area contributed by atoms with Gasteiger partial charge in [0.1, 0.15) is 0 Å². The third-order valence-electron chi connectivity index (χ3n) is 4.04. The highest BCUT2D eigenvalue weighted by Gasteiger charge is 2.25. The monoisotopic (exact) mass is 368 g/mol. The van der Waals surface area contributed by atoms with Gasteiger partial charge in [-0.15, -0.1) is 0 Å². The minimum absolute atomic E-state index is 0.330. The molecule has 25 heavy (non-hydrogen) atoms. The van der Waals surface area contributed by atoms with Crippen LogP contribution in [0.25, 0.3) is 17.0 Å². The molecule has 1 saturated heterocycles. The van der Waals surface area contributed by atoms with Crippen LogP contribution < -0.4 is 5.32 Å². The van der Waals surface area contributed by atoms with E-state index in [9.17, 15) is 9.59 Å². The molecular weight excluding hydrogens is 356 g/mol. The molecule has 0 spiro atoms. The molecule has 1 aliphatic heterocycles. The highest BCUT2D eigenvalue weighted by molar-refractivity contribution is 8.18. The number of carbonyl (C=O) groups is 2. The van der Waals surface area contributed by atoms with Gasteiger partial charge < -0.3 is 4.57 Å². The molecule has 4 nitrogen and oxygen atoms in total. The molecule has 4 rings (SSSR count). The predicted octanol–water partition coefficient (Wildman–Crippen LogP) is 4.67. The number of hydrogen-bond donors (Lipinski definition) is 1. The van der Waals surface area contributed by atoms with Crippen LogP contribution in [0.2, 0.25) is 5.02 Å². The Balaban J connectivity index is 1.71. The molecule has 3 aromatic rings. The van der Waals surface area contributed by atoms with E-state index in [0.29, 0.717) is 4.91 Å². The van der Waals surface area contributed by atoms with Gasteiger partial charge in [-0.3, -0.25) is 14.9 Å². The lowest BCUT2D eigenvalue weighted by Gasteiger charge is -2.07. The van der Waals surface area contributed by atoms with E-state index in [0.717, 1.165) is 45.4 Å². The fourth-order valence-corrected chi connectivity index (χ4v) is 3.66. The van der Waals surface area contributed by atoms with E-state index < -0.39 is 0 Å². The highest BCUT2D eigenvalue weighted by Crippen LogP contribution is 2.29. The van der Waals surface area contributed by atoms with Crippen molar-refractivity contribution in [1.82, 2.24) is 9.88 Å². The van der Waals surface area contributed by atoms with Crippen molar-refractivity contribution >= 4 is 51.5 Å². The molecule has 1 aliphatic rings. The van der Waals surface area contributed by atoms with Crippen LogP contribution in [0.4, 0.5) is 4.79 Å². The molecule has 2 amide bonds. The SMILES string of the molecule is O=C1NC(=O)C(=Cc2cccc3c2ccn3Cc2ccc(Cl)cc2)S1. The van der Waals surface area contributed by atoms with Crippen LogP contribution in [0.15, 0.2) is 59.6 Å². The van der Waals surface area contributed by atoms with Crippen molar-refractivity contribution in [3.63, 3.8) is 0 Å². The van der Waals surface area contributed by atoms with Crippen molar-refractivity contribution in [3.8, 4) is 0 Å². The van der Waals surface area contributed by atoms with E-state index in [1.54, 1.807) is 6.08 Å². The summed E-state index contributed by atoms with van der Waals surface area (Å²) in [4.78, 5) is 23.5. The van der Waals surface area contributed by atoms with Crippen LogP contribution >= 0.6 is 23.4 Å². The molecule has 0 aliphatic carbocycles. The Morgan fingerprint density at radius 2 is 1.88 bits per heavy atom. The fourth-order valence-electron chi connectivity index (χ4n) is 2.86.